The van der Waals surface area contributed by atoms with Crippen LogP contribution in [0.25, 0.3) is 0 Å². The molecule has 0 saturated carbocycles. The maximum atomic E-state index is 9.93. The summed E-state index contributed by atoms with van der Waals surface area (Å²) >= 11 is 1.87. The fourth-order valence-corrected chi connectivity index (χ4v) is 4.94. The Labute approximate surface area is 80.1 Å². The molecule has 2 unspecified atom stereocenters. The second kappa shape index (κ2) is 5.31. The number of rotatable bonds is 2. The van der Waals surface area contributed by atoms with E-state index < -0.39 is 0 Å². The Kier molecular flexibility index (Phi) is 4.30. The molecule has 2 atom stereocenters. The topological polar surface area (TPSA) is 58.9 Å². The third-order valence-electron chi connectivity index (χ3n) is 1.23. The van der Waals surface area contributed by atoms with Crippen LogP contribution in [0.5, 0.6) is 0 Å². The molecule has 1 fully saturated rings. The molecule has 6 heteroatoms. The van der Waals surface area contributed by atoms with Crippen molar-refractivity contribution in [3.05, 3.63) is 0 Å². The van der Waals surface area contributed by atoms with Crippen LogP contribution < -0.4 is 0 Å². The van der Waals surface area contributed by atoms with Gasteiger partial charge in [0.15, 0.2) is 0 Å². The van der Waals surface area contributed by atoms with E-state index in [-0.39, 0.29) is 10.7 Å². The minimum atomic E-state index is -0.0432. The van der Waals surface area contributed by atoms with E-state index in [1.807, 2.05) is 0 Å². The van der Waals surface area contributed by atoms with E-state index in [0.717, 1.165) is 10.6 Å². The Bertz CT molecular complexity index is 224. The van der Waals surface area contributed by atoms with Crippen molar-refractivity contribution in [3.63, 3.8) is 0 Å². The third-order valence-corrected chi connectivity index (χ3v) is 5.67. The standard InChI is InChI=1S/C6H6N2O2SSe/c9-3-7-5-1-12-2-6(11-5)8-4-10/h5-6H,1-2H2. The molecule has 4 nitrogen and oxygen atoms in total. The van der Waals surface area contributed by atoms with E-state index >= 15 is 0 Å². The summed E-state index contributed by atoms with van der Waals surface area (Å²) in [6, 6.07) is 0. The molecule has 1 aliphatic rings. The van der Waals surface area contributed by atoms with Crippen molar-refractivity contribution in [2.24, 2.45) is 9.98 Å². The van der Waals surface area contributed by atoms with E-state index in [0.29, 0.717) is 15.0 Å². The molecule has 0 N–H and O–H groups in total. The normalized spacial score (nSPS) is 28.3. The number of nitrogens with zero attached hydrogens (tertiary/aromatic N) is 2. The molecular formula is C6H6N2O2SSe. The van der Waals surface area contributed by atoms with Crippen molar-refractivity contribution in [1.82, 2.24) is 0 Å². The van der Waals surface area contributed by atoms with Crippen LogP contribution in [0.4, 0.5) is 0 Å². The van der Waals surface area contributed by atoms with Crippen LogP contribution >= 0.6 is 11.8 Å². The van der Waals surface area contributed by atoms with Gasteiger partial charge < -0.3 is 0 Å². The molecule has 0 aromatic rings. The number of isocyanates is 2. The zero-order chi connectivity index (χ0) is 8.81. The maximum absolute atomic E-state index is 9.93. The van der Waals surface area contributed by atoms with Gasteiger partial charge in [-0.2, -0.15) is 0 Å². The summed E-state index contributed by atoms with van der Waals surface area (Å²) in [6.07, 6.45) is 3.05. The van der Waals surface area contributed by atoms with Crippen LogP contribution in [0.1, 0.15) is 0 Å². The fraction of sp³-hybridized carbons (Fsp3) is 0.667. The van der Waals surface area contributed by atoms with Gasteiger partial charge in [-0.25, -0.2) is 0 Å². The summed E-state index contributed by atoms with van der Waals surface area (Å²) < 4.78 is 0. The van der Waals surface area contributed by atoms with E-state index in [1.165, 1.54) is 23.9 Å². The van der Waals surface area contributed by atoms with Gasteiger partial charge in [0.2, 0.25) is 0 Å². The second-order valence-corrected chi connectivity index (χ2v) is 5.64. The van der Waals surface area contributed by atoms with Crippen LogP contribution in [-0.2, 0) is 9.59 Å². The van der Waals surface area contributed by atoms with E-state index in [4.69, 9.17) is 0 Å². The summed E-state index contributed by atoms with van der Waals surface area (Å²) in [7, 11) is 0. The SMILES string of the molecule is O=C=NC1C[Se]CC(N=C=O)S1. The average molecular weight is 249 g/mol. The number of thioether (sulfide) groups is 1. The summed E-state index contributed by atoms with van der Waals surface area (Å²) in [5.74, 6) is 0. The van der Waals surface area contributed by atoms with Gasteiger partial charge in [0.05, 0.1) is 0 Å². The average Bonchev–Trinajstić information content (AvgIpc) is 2.06. The number of hydrogen-bond donors (Lipinski definition) is 0. The van der Waals surface area contributed by atoms with Crippen LogP contribution in [0.2, 0.25) is 10.6 Å². The predicted molar refractivity (Wildman–Crippen MR) is 46.8 cm³/mol. The zero-order valence-corrected chi connectivity index (χ0v) is 8.63. The number of carbonyl (C=O) groups excluding carboxylic acids is 2. The van der Waals surface area contributed by atoms with E-state index in [9.17, 15) is 9.59 Å². The first-order valence-electron chi connectivity index (χ1n) is 3.24. The quantitative estimate of drug-likeness (QED) is 0.409. The molecule has 0 radical (unpaired) electrons. The van der Waals surface area contributed by atoms with Crippen molar-refractivity contribution < 1.29 is 9.59 Å². The molecule has 0 amide bonds. The Hall–Kier alpha value is -0.371. The van der Waals surface area contributed by atoms with Gasteiger partial charge in [-0.3, -0.25) is 0 Å². The number of hydrogen-bond acceptors (Lipinski definition) is 5. The molecule has 1 aliphatic heterocycles. The Morgan fingerprint density at radius 3 is 2.08 bits per heavy atom. The van der Waals surface area contributed by atoms with E-state index in [1.54, 1.807) is 0 Å². The predicted octanol–water partition coefficient (Wildman–Crippen LogP) is 0.598. The summed E-state index contributed by atoms with van der Waals surface area (Å²) in [4.78, 5) is 27.1. The van der Waals surface area contributed by atoms with Crippen LogP contribution in [0.15, 0.2) is 9.98 Å². The van der Waals surface area contributed by atoms with Gasteiger partial charge in [0.1, 0.15) is 0 Å². The van der Waals surface area contributed by atoms with Gasteiger partial charge in [-0.15, -0.1) is 0 Å². The monoisotopic (exact) mass is 250 g/mol. The molecule has 0 aromatic heterocycles. The van der Waals surface area contributed by atoms with Gasteiger partial charge in [0.25, 0.3) is 0 Å². The molecule has 1 rings (SSSR count). The molecule has 1 heterocycles. The van der Waals surface area contributed by atoms with Crippen molar-refractivity contribution in [3.8, 4) is 0 Å². The molecule has 1 saturated heterocycles. The van der Waals surface area contributed by atoms with Crippen molar-refractivity contribution >= 4 is 38.9 Å². The minimum absolute atomic E-state index is 0.0432. The molecular weight excluding hydrogens is 243 g/mol. The van der Waals surface area contributed by atoms with Gasteiger partial charge in [-0.1, -0.05) is 0 Å². The van der Waals surface area contributed by atoms with Crippen molar-refractivity contribution in [2.75, 3.05) is 0 Å². The van der Waals surface area contributed by atoms with Crippen LogP contribution in [0.3, 0.4) is 0 Å². The van der Waals surface area contributed by atoms with Crippen molar-refractivity contribution in [2.45, 2.75) is 21.4 Å². The second-order valence-electron chi connectivity index (χ2n) is 2.02. The molecule has 0 aliphatic carbocycles. The van der Waals surface area contributed by atoms with Gasteiger partial charge in [0, 0.05) is 0 Å². The summed E-state index contributed by atoms with van der Waals surface area (Å²) in [5.41, 5.74) is 0. The third kappa shape index (κ3) is 2.94. The molecule has 0 bridgehead atoms. The van der Waals surface area contributed by atoms with Crippen LogP contribution in [-0.4, -0.2) is 37.9 Å². The summed E-state index contributed by atoms with van der Waals surface area (Å²) in [6.45, 7) is 0. The van der Waals surface area contributed by atoms with Gasteiger partial charge >= 0.3 is 79.8 Å². The first kappa shape index (κ1) is 9.72. The van der Waals surface area contributed by atoms with Crippen molar-refractivity contribution in [1.29, 1.82) is 0 Å². The van der Waals surface area contributed by atoms with Gasteiger partial charge in [-0.05, 0) is 0 Å². The van der Waals surface area contributed by atoms with E-state index in [2.05, 4.69) is 9.98 Å². The zero-order valence-electron chi connectivity index (χ0n) is 6.10. The first-order chi connectivity index (χ1) is 5.86. The fourth-order valence-electron chi connectivity index (χ4n) is 0.783. The Morgan fingerprint density at radius 2 is 1.67 bits per heavy atom. The molecule has 64 valence electrons. The number of aliphatic imine (C=N–C) groups is 2. The molecule has 12 heavy (non-hydrogen) atoms. The Morgan fingerprint density at radius 1 is 1.17 bits per heavy atom. The van der Waals surface area contributed by atoms with Crippen LogP contribution in [0, 0.1) is 0 Å². The Balaban J connectivity index is 2.50. The first-order valence-corrected chi connectivity index (χ1v) is 6.60. The molecule has 0 aromatic carbocycles. The summed E-state index contributed by atoms with van der Waals surface area (Å²) in [5, 5.41) is 1.77. The molecule has 0 spiro atoms.